The van der Waals surface area contributed by atoms with Gasteiger partial charge in [0, 0.05) is 49.8 Å². The molecule has 3 heterocycles. The summed E-state index contributed by atoms with van der Waals surface area (Å²) in [4.78, 5) is 24.9. The highest BCUT2D eigenvalue weighted by atomic mass is 32.2. The molecule has 3 aromatic rings. The third-order valence-corrected chi connectivity index (χ3v) is 9.12. The average Bonchev–Trinajstić information content (AvgIpc) is 3.24. The van der Waals surface area contributed by atoms with Crippen molar-refractivity contribution in [3.8, 4) is 5.75 Å². The molecule has 2 aromatic carbocycles. The molecule has 0 saturated carbocycles. The molecule has 196 valence electrons. The topological polar surface area (TPSA) is 153 Å². The van der Waals surface area contributed by atoms with Crippen LogP contribution in [0.3, 0.4) is 0 Å². The first-order valence-corrected chi connectivity index (χ1v) is 15.1. The second-order valence-corrected chi connectivity index (χ2v) is 12.9. The van der Waals surface area contributed by atoms with Gasteiger partial charge in [-0.1, -0.05) is 0 Å². The molecule has 37 heavy (non-hydrogen) atoms. The van der Waals surface area contributed by atoms with Gasteiger partial charge in [0.05, 0.1) is 16.5 Å². The number of nitrogens with two attached hydrogens (primary N) is 1. The Kier molecular flexibility index (Phi) is 6.54. The van der Waals surface area contributed by atoms with Crippen LogP contribution in [0, 0.1) is 0 Å². The molecule has 5 rings (SSSR count). The van der Waals surface area contributed by atoms with Gasteiger partial charge in [0.1, 0.15) is 22.8 Å². The smallest absolute Gasteiger partial charge is 0.339 e. The Morgan fingerprint density at radius 1 is 0.973 bits per heavy atom. The normalized spacial score (nSPS) is 21.0. The predicted octanol–water partition coefficient (Wildman–Crippen LogP) is 1.33. The summed E-state index contributed by atoms with van der Waals surface area (Å²) in [6, 6.07) is 9.21. The number of hydrogen-bond acceptors (Lipinski definition) is 10. The van der Waals surface area contributed by atoms with Crippen LogP contribution < -0.4 is 14.8 Å². The Morgan fingerprint density at radius 2 is 1.70 bits per heavy atom. The Hall–Kier alpha value is -3.29. The van der Waals surface area contributed by atoms with E-state index in [4.69, 9.17) is 9.92 Å². The van der Waals surface area contributed by atoms with E-state index in [-0.39, 0.29) is 33.5 Å². The second kappa shape index (κ2) is 9.54. The number of carbonyl (C=O) groups excluding carboxylic acids is 1. The molecule has 13 heteroatoms. The van der Waals surface area contributed by atoms with Gasteiger partial charge in [0.15, 0.2) is 9.84 Å². The van der Waals surface area contributed by atoms with Gasteiger partial charge in [-0.05, 0) is 49.2 Å². The number of hydrogen-bond donors (Lipinski definition) is 1. The summed E-state index contributed by atoms with van der Waals surface area (Å²) in [7, 11) is -7.66. The third-order valence-electron chi connectivity index (χ3n) is 6.73. The molecular formula is C24H27N5O6S2. The molecule has 2 aliphatic rings. The lowest BCUT2D eigenvalue weighted by atomic mass is 10.1. The van der Waals surface area contributed by atoms with Gasteiger partial charge in [-0.3, -0.25) is 4.79 Å². The van der Waals surface area contributed by atoms with E-state index in [2.05, 4.69) is 9.97 Å². The Bertz CT molecular complexity index is 1560. The van der Waals surface area contributed by atoms with Gasteiger partial charge in [-0.15, -0.1) is 0 Å². The first-order valence-electron chi connectivity index (χ1n) is 11.8. The fourth-order valence-electron chi connectivity index (χ4n) is 4.85. The van der Waals surface area contributed by atoms with Crippen molar-refractivity contribution < 1.29 is 25.8 Å². The lowest BCUT2D eigenvalue weighted by Gasteiger charge is -2.34. The van der Waals surface area contributed by atoms with Gasteiger partial charge < -0.3 is 19.7 Å². The molecular weight excluding hydrogens is 518 g/mol. The number of amides is 1. The van der Waals surface area contributed by atoms with Crippen molar-refractivity contribution in [1.82, 2.24) is 14.9 Å². The number of sulfone groups is 1. The van der Waals surface area contributed by atoms with Crippen LogP contribution >= 0.6 is 0 Å². The van der Waals surface area contributed by atoms with Crippen LogP contribution in [0.2, 0.25) is 0 Å². The van der Waals surface area contributed by atoms with E-state index in [1.54, 1.807) is 6.07 Å². The molecule has 2 atom stereocenters. The molecule has 0 radical (unpaired) electrons. The van der Waals surface area contributed by atoms with Crippen molar-refractivity contribution in [3.63, 3.8) is 0 Å². The lowest BCUT2D eigenvalue weighted by Crippen LogP contribution is -2.51. The molecule has 2 saturated heterocycles. The van der Waals surface area contributed by atoms with Crippen molar-refractivity contribution in [2.75, 3.05) is 30.8 Å². The van der Waals surface area contributed by atoms with E-state index >= 15 is 0 Å². The van der Waals surface area contributed by atoms with E-state index in [1.165, 1.54) is 42.7 Å². The number of rotatable bonds is 6. The number of benzene rings is 2. The molecule has 1 aromatic heterocycles. The van der Waals surface area contributed by atoms with Crippen LogP contribution in [0.25, 0.3) is 10.9 Å². The van der Waals surface area contributed by atoms with Crippen molar-refractivity contribution in [2.24, 2.45) is 5.73 Å². The zero-order valence-corrected chi connectivity index (χ0v) is 21.8. The van der Waals surface area contributed by atoms with Crippen LogP contribution in [-0.4, -0.2) is 75.6 Å². The minimum atomic E-state index is -4.20. The summed E-state index contributed by atoms with van der Waals surface area (Å²) in [6.07, 6.45) is 4.86. The minimum absolute atomic E-state index is 0.00917. The maximum atomic E-state index is 12.8. The highest BCUT2D eigenvalue weighted by Gasteiger charge is 2.38. The second-order valence-electron chi connectivity index (χ2n) is 9.34. The average molecular weight is 546 g/mol. The van der Waals surface area contributed by atoms with Crippen molar-refractivity contribution in [1.29, 1.82) is 0 Å². The Morgan fingerprint density at radius 3 is 2.41 bits per heavy atom. The molecule has 0 bridgehead atoms. The van der Waals surface area contributed by atoms with Gasteiger partial charge in [-0.25, -0.2) is 18.4 Å². The number of nitrogens with zero attached hydrogens (tertiary/aromatic N) is 4. The van der Waals surface area contributed by atoms with E-state index in [9.17, 15) is 21.6 Å². The molecule has 2 N–H and O–H groups in total. The van der Waals surface area contributed by atoms with Gasteiger partial charge in [0.2, 0.25) is 5.91 Å². The van der Waals surface area contributed by atoms with Crippen LogP contribution in [-0.2, 0) is 24.7 Å². The summed E-state index contributed by atoms with van der Waals surface area (Å²) in [5.74, 6) is 0.840. The maximum absolute atomic E-state index is 12.8. The van der Waals surface area contributed by atoms with Crippen LogP contribution in [0.1, 0.15) is 19.3 Å². The Balaban J connectivity index is 1.37. The van der Waals surface area contributed by atoms with Crippen molar-refractivity contribution >= 4 is 42.6 Å². The predicted molar refractivity (Wildman–Crippen MR) is 136 cm³/mol. The molecule has 0 spiro atoms. The highest BCUT2D eigenvalue weighted by Crippen LogP contribution is 2.31. The molecule has 11 nitrogen and oxygen atoms in total. The van der Waals surface area contributed by atoms with Gasteiger partial charge in [-0.2, -0.15) is 8.42 Å². The van der Waals surface area contributed by atoms with E-state index in [0.29, 0.717) is 42.8 Å². The third kappa shape index (κ3) is 5.11. The number of likely N-dealkylation sites (tertiary alicyclic amines) is 1. The standard InChI is InChI=1S/C24H27N5O6S2/c1-36(31,32)17-6-8-18(9-7-17)37(33,34)35-16-5-10-19-21(12-16)26-15-27-24(19)28-13-20(25)22(14-28)29-11-3-2-4-23(29)30/h5-10,12,15,20,22H,2-4,11,13-14,25H2,1H3/t20-,22-/m0/s1. The van der Waals surface area contributed by atoms with Crippen molar-refractivity contribution in [3.05, 3.63) is 48.8 Å². The largest absolute Gasteiger partial charge is 0.379 e. The van der Waals surface area contributed by atoms with Crippen LogP contribution in [0.5, 0.6) is 5.75 Å². The Labute approximate surface area is 215 Å². The first kappa shape index (κ1) is 25.4. The lowest BCUT2D eigenvalue weighted by molar-refractivity contribution is -0.135. The first-order chi connectivity index (χ1) is 17.5. The van der Waals surface area contributed by atoms with E-state index < -0.39 is 20.0 Å². The summed E-state index contributed by atoms with van der Waals surface area (Å²) >= 11 is 0. The fourth-order valence-corrected chi connectivity index (χ4v) is 6.40. The fraction of sp³-hybridized carbons (Fsp3) is 0.375. The number of piperidine rings is 1. The SMILES string of the molecule is CS(=O)(=O)c1ccc(S(=O)(=O)Oc2ccc3c(N4C[C@H](N)[C@@H](N5CCCCC5=O)C4)ncnc3c2)cc1. The number of anilines is 1. The number of fused-ring (bicyclic) bond motifs is 1. The van der Waals surface area contributed by atoms with Crippen LogP contribution in [0.4, 0.5) is 5.82 Å². The molecule has 1 amide bonds. The number of carbonyl (C=O) groups is 1. The van der Waals surface area contributed by atoms with E-state index in [0.717, 1.165) is 19.1 Å². The zero-order chi connectivity index (χ0) is 26.4. The van der Waals surface area contributed by atoms with E-state index in [1.807, 2.05) is 9.80 Å². The monoisotopic (exact) mass is 545 g/mol. The molecule has 0 unspecified atom stereocenters. The van der Waals surface area contributed by atoms with Crippen LogP contribution in [0.15, 0.2) is 58.6 Å². The zero-order valence-electron chi connectivity index (χ0n) is 20.1. The van der Waals surface area contributed by atoms with Gasteiger partial charge >= 0.3 is 10.1 Å². The molecule has 2 fully saturated rings. The summed E-state index contributed by atoms with van der Waals surface area (Å²) in [6.45, 7) is 1.79. The summed E-state index contributed by atoms with van der Waals surface area (Å²) < 4.78 is 54.1. The van der Waals surface area contributed by atoms with Crippen molar-refractivity contribution in [2.45, 2.75) is 41.1 Å². The van der Waals surface area contributed by atoms with Gasteiger partial charge in [0.25, 0.3) is 0 Å². The maximum Gasteiger partial charge on any atom is 0.339 e. The number of aromatic nitrogens is 2. The quantitative estimate of drug-likeness (QED) is 0.449. The molecule has 2 aliphatic heterocycles. The highest BCUT2D eigenvalue weighted by molar-refractivity contribution is 7.90. The minimum Gasteiger partial charge on any atom is -0.379 e. The molecule has 0 aliphatic carbocycles. The summed E-state index contributed by atoms with van der Waals surface area (Å²) in [5, 5.41) is 0.697. The summed E-state index contributed by atoms with van der Waals surface area (Å²) in [5.41, 5.74) is 6.91.